The number of rotatable bonds is 5. The Morgan fingerprint density at radius 3 is 2.47 bits per heavy atom. The summed E-state index contributed by atoms with van der Waals surface area (Å²) in [5, 5.41) is 13.5. The molecule has 1 aliphatic heterocycles. The molecule has 0 aliphatic carbocycles. The summed E-state index contributed by atoms with van der Waals surface area (Å²) in [4.78, 5) is 19.1. The number of likely N-dealkylation sites (tertiary alicyclic amines) is 1. The highest BCUT2D eigenvalue weighted by Gasteiger charge is 2.30. The fraction of sp³-hybridized carbons (Fsp3) is 0.350. The molecule has 30 heavy (non-hydrogen) atoms. The first-order valence-corrected chi connectivity index (χ1v) is 9.69. The average molecular weight is 440 g/mol. The minimum Gasteiger partial charge on any atom is -0.367 e. The summed E-state index contributed by atoms with van der Waals surface area (Å²) in [6, 6.07) is 4.28. The maximum atomic E-state index is 12.7. The third-order valence-corrected chi connectivity index (χ3v) is 5.38. The second-order valence-corrected chi connectivity index (χ2v) is 7.52. The summed E-state index contributed by atoms with van der Waals surface area (Å²) in [5.41, 5.74) is -0.302. The molecule has 0 unspecified atom stereocenters. The van der Waals surface area contributed by atoms with Gasteiger partial charge in [-0.05, 0) is 57.2 Å². The van der Waals surface area contributed by atoms with Crippen molar-refractivity contribution in [2.75, 3.05) is 30.8 Å². The highest BCUT2D eigenvalue weighted by molar-refractivity contribution is 6.37. The van der Waals surface area contributed by atoms with E-state index in [1.807, 2.05) is 0 Å². The largest absolute Gasteiger partial charge is 0.416 e. The molecule has 1 aromatic carbocycles. The van der Waals surface area contributed by atoms with Gasteiger partial charge < -0.3 is 20.9 Å². The topological polar surface area (TPSA) is 81.1 Å². The zero-order valence-corrected chi connectivity index (χ0v) is 16.9. The van der Waals surface area contributed by atoms with Crippen LogP contribution in [0.1, 0.15) is 34.3 Å². The van der Waals surface area contributed by atoms with Crippen LogP contribution in [0.25, 0.3) is 0 Å². The van der Waals surface area contributed by atoms with E-state index in [0.29, 0.717) is 5.82 Å². The molecule has 1 aliphatic rings. The van der Waals surface area contributed by atoms with Gasteiger partial charge in [-0.3, -0.25) is 4.79 Å². The van der Waals surface area contributed by atoms with E-state index in [4.69, 9.17) is 17.0 Å². The number of aromatic nitrogens is 1. The molecular weight excluding hydrogens is 419 g/mol. The van der Waals surface area contributed by atoms with Gasteiger partial charge in [0.15, 0.2) is 0 Å². The molecule has 0 radical (unpaired) electrons. The molecule has 6 nitrogen and oxygen atoms in total. The predicted octanol–water partition coefficient (Wildman–Crippen LogP) is 4.51. The first kappa shape index (κ1) is 22.0. The fourth-order valence-electron chi connectivity index (χ4n) is 3.20. The predicted molar refractivity (Wildman–Crippen MR) is 111 cm³/mol. The molecule has 3 rings (SSSR count). The Kier molecular flexibility index (Phi) is 6.62. The number of benzene rings is 1. The first-order valence-electron chi connectivity index (χ1n) is 9.31. The molecule has 10 heteroatoms. The molecule has 2 aromatic rings. The Bertz CT molecular complexity index is 925. The SMILES string of the molecule is CN1CCC(Nc2ncc(C(=O)Nc3ccc(C(F)(F)F)cc3)c(Cl)c2C=N)CC1. The van der Waals surface area contributed by atoms with Gasteiger partial charge in [-0.2, -0.15) is 13.2 Å². The lowest BCUT2D eigenvalue weighted by Gasteiger charge is -2.30. The van der Waals surface area contributed by atoms with Gasteiger partial charge in [0.1, 0.15) is 5.82 Å². The second kappa shape index (κ2) is 9.01. The summed E-state index contributed by atoms with van der Waals surface area (Å²) in [5.74, 6) is -0.197. The van der Waals surface area contributed by atoms with Crippen molar-refractivity contribution >= 4 is 35.2 Å². The fourth-order valence-corrected chi connectivity index (χ4v) is 3.48. The molecule has 1 fully saturated rings. The number of pyridine rings is 1. The molecule has 0 atom stereocenters. The number of alkyl halides is 3. The Balaban J connectivity index is 1.75. The van der Waals surface area contributed by atoms with Crippen LogP contribution < -0.4 is 10.6 Å². The van der Waals surface area contributed by atoms with Gasteiger partial charge in [0.25, 0.3) is 5.91 Å². The zero-order chi connectivity index (χ0) is 21.9. The normalized spacial score (nSPS) is 15.6. The van der Waals surface area contributed by atoms with E-state index < -0.39 is 17.6 Å². The number of halogens is 4. The number of anilines is 2. The average Bonchev–Trinajstić information content (AvgIpc) is 2.69. The summed E-state index contributed by atoms with van der Waals surface area (Å²) < 4.78 is 38.0. The van der Waals surface area contributed by atoms with E-state index in [-0.39, 0.29) is 27.9 Å². The summed E-state index contributed by atoms with van der Waals surface area (Å²) in [6.07, 6.45) is -0.286. The number of carbonyl (C=O) groups excluding carboxylic acids is 1. The Morgan fingerprint density at radius 1 is 1.27 bits per heavy atom. The molecule has 0 spiro atoms. The van der Waals surface area contributed by atoms with Crippen molar-refractivity contribution in [1.82, 2.24) is 9.88 Å². The van der Waals surface area contributed by atoms with Gasteiger partial charge in [0.2, 0.25) is 0 Å². The van der Waals surface area contributed by atoms with Crippen LogP contribution in [-0.4, -0.2) is 48.2 Å². The van der Waals surface area contributed by atoms with Crippen molar-refractivity contribution in [2.24, 2.45) is 0 Å². The van der Waals surface area contributed by atoms with E-state index in [9.17, 15) is 18.0 Å². The lowest BCUT2D eigenvalue weighted by atomic mass is 10.0. The molecule has 0 saturated carbocycles. The van der Waals surface area contributed by atoms with Crippen molar-refractivity contribution in [2.45, 2.75) is 25.1 Å². The van der Waals surface area contributed by atoms with Crippen LogP contribution in [0.15, 0.2) is 30.5 Å². The molecule has 1 aromatic heterocycles. The molecule has 3 N–H and O–H groups in total. The monoisotopic (exact) mass is 439 g/mol. The van der Waals surface area contributed by atoms with E-state index in [0.717, 1.165) is 56.4 Å². The van der Waals surface area contributed by atoms with Crippen LogP contribution in [0.2, 0.25) is 5.02 Å². The van der Waals surface area contributed by atoms with Crippen LogP contribution in [0.3, 0.4) is 0 Å². The standard InChI is InChI=1S/C20H21ClF3N5O/c1-29-8-6-14(7-9-29)27-18-15(10-25)17(21)16(11-26-18)19(30)28-13-4-2-12(3-5-13)20(22,23)24/h2-5,10-11,14,25H,6-9H2,1H3,(H,26,27)(H,28,30). The van der Waals surface area contributed by atoms with Crippen molar-refractivity contribution in [3.05, 3.63) is 52.2 Å². The van der Waals surface area contributed by atoms with Crippen molar-refractivity contribution in [3.63, 3.8) is 0 Å². The summed E-state index contributed by atoms with van der Waals surface area (Å²) in [7, 11) is 2.05. The lowest BCUT2D eigenvalue weighted by molar-refractivity contribution is -0.137. The summed E-state index contributed by atoms with van der Waals surface area (Å²) in [6.45, 7) is 1.89. The Morgan fingerprint density at radius 2 is 1.90 bits per heavy atom. The number of hydrogen-bond donors (Lipinski definition) is 3. The zero-order valence-electron chi connectivity index (χ0n) is 16.2. The molecule has 2 heterocycles. The first-order chi connectivity index (χ1) is 14.2. The third kappa shape index (κ3) is 5.09. The Hall–Kier alpha value is -2.65. The van der Waals surface area contributed by atoms with E-state index in [2.05, 4.69) is 27.6 Å². The van der Waals surface area contributed by atoms with Crippen molar-refractivity contribution in [3.8, 4) is 0 Å². The van der Waals surface area contributed by atoms with Gasteiger partial charge in [-0.1, -0.05) is 11.6 Å². The van der Waals surface area contributed by atoms with Gasteiger partial charge in [-0.25, -0.2) is 4.98 Å². The minimum absolute atomic E-state index is 0.0315. The maximum Gasteiger partial charge on any atom is 0.416 e. The van der Waals surface area contributed by atoms with Gasteiger partial charge in [0.05, 0.1) is 21.7 Å². The number of carbonyl (C=O) groups is 1. The summed E-state index contributed by atoms with van der Waals surface area (Å²) >= 11 is 6.35. The molecule has 160 valence electrons. The molecule has 1 saturated heterocycles. The second-order valence-electron chi connectivity index (χ2n) is 7.14. The smallest absolute Gasteiger partial charge is 0.367 e. The van der Waals surface area contributed by atoms with Crippen LogP contribution >= 0.6 is 11.6 Å². The van der Waals surface area contributed by atoms with E-state index in [1.54, 1.807) is 0 Å². The molecule has 0 bridgehead atoms. The van der Waals surface area contributed by atoms with Gasteiger partial charge in [0, 0.05) is 24.1 Å². The highest BCUT2D eigenvalue weighted by atomic mass is 35.5. The van der Waals surface area contributed by atoms with Crippen LogP contribution in [0, 0.1) is 5.41 Å². The number of nitrogens with one attached hydrogen (secondary N) is 3. The Labute approximate surface area is 176 Å². The van der Waals surface area contributed by atoms with Crippen LogP contribution in [-0.2, 0) is 6.18 Å². The van der Waals surface area contributed by atoms with Gasteiger partial charge in [-0.15, -0.1) is 0 Å². The lowest BCUT2D eigenvalue weighted by Crippen LogP contribution is -2.37. The number of amides is 1. The minimum atomic E-state index is -4.45. The molecule has 1 amide bonds. The molecular formula is C20H21ClF3N5O. The van der Waals surface area contributed by atoms with E-state index in [1.165, 1.54) is 6.20 Å². The third-order valence-electron chi connectivity index (χ3n) is 4.97. The van der Waals surface area contributed by atoms with Crippen molar-refractivity contribution < 1.29 is 18.0 Å². The number of nitrogens with zero attached hydrogens (tertiary/aromatic N) is 2. The maximum absolute atomic E-state index is 12.7. The van der Waals surface area contributed by atoms with Crippen LogP contribution in [0.4, 0.5) is 24.7 Å². The van der Waals surface area contributed by atoms with E-state index >= 15 is 0 Å². The van der Waals surface area contributed by atoms with Crippen molar-refractivity contribution in [1.29, 1.82) is 5.41 Å². The van der Waals surface area contributed by atoms with Gasteiger partial charge >= 0.3 is 6.18 Å². The number of piperidine rings is 1. The quantitative estimate of drug-likeness (QED) is 0.599. The highest BCUT2D eigenvalue weighted by Crippen LogP contribution is 2.30. The van der Waals surface area contributed by atoms with Crippen LogP contribution in [0.5, 0.6) is 0 Å². The number of hydrogen-bond acceptors (Lipinski definition) is 5.